The van der Waals surface area contributed by atoms with Gasteiger partial charge in [-0.25, -0.2) is 4.98 Å². The minimum absolute atomic E-state index is 0.0775. The van der Waals surface area contributed by atoms with Crippen LogP contribution in [0.15, 0.2) is 48.7 Å². The molecule has 3 aromatic rings. The third kappa shape index (κ3) is 3.08. The standard InChI is InChI=1S/C18H18ClN3O/c1-3-15-17(22-10-9-14(19)11-16(22)21-15)18(23)20-12(2)13-7-5-4-6-8-13/h4-12H,3H2,1-2H3,(H,20,23). The second-order valence-electron chi connectivity index (χ2n) is 5.44. The number of benzene rings is 1. The van der Waals surface area contributed by atoms with Gasteiger partial charge in [0.15, 0.2) is 0 Å². The highest BCUT2D eigenvalue weighted by molar-refractivity contribution is 6.30. The van der Waals surface area contributed by atoms with Gasteiger partial charge in [-0.2, -0.15) is 0 Å². The summed E-state index contributed by atoms with van der Waals surface area (Å²) < 4.78 is 1.79. The summed E-state index contributed by atoms with van der Waals surface area (Å²) in [6, 6.07) is 13.3. The van der Waals surface area contributed by atoms with E-state index < -0.39 is 0 Å². The number of aromatic nitrogens is 2. The predicted octanol–water partition coefficient (Wildman–Crippen LogP) is 4.04. The van der Waals surface area contributed by atoms with Gasteiger partial charge in [0.2, 0.25) is 0 Å². The van der Waals surface area contributed by atoms with Crippen molar-refractivity contribution in [1.82, 2.24) is 14.7 Å². The van der Waals surface area contributed by atoms with Crippen LogP contribution in [0.4, 0.5) is 0 Å². The molecule has 5 heteroatoms. The molecule has 0 aliphatic carbocycles. The van der Waals surface area contributed by atoms with E-state index in [0.717, 1.165) is 11.3 Å². The predicted molar refractivity (Wildman–Crippen MR) is 91.9 cm³/mol. The number of pyridine rings is 1. The highest BCUT2D eigenvalue weighted by Crippen LogP contribution is 2.19. The summed E-state index contributed by atoms with van der Waals surface area (Å²) in [6.07, 6.45) is 2.47. The van der Waals surface area contributed by atoms with Gasteiger partial charge in [-0.3, -0.25) is 9.20 Å². The molecule has 3 rings (SSSR count). The summed E-state index contributed by atoms with van der Waals surface area (Å²) in [5.41, 5.74) is 3.09. The number of nitrogens with zero attached hydrogens (tertiary/aromatic N) is 2. The van der Waals surface area contributed by atoms with Gasteiger partial charge >= 0.3 is 0 Å². The number of fused-ring (bicyclic) bond motifs is 1. The second-order valence-corrected chi connectivity index (χ2v) is 5.88. The third-order valence-electron chi connectivity index (χ3n) is 3.86. The van der Waals surface area contributed by atoms with Crippen molar-refractivity contribution < 1.29 is 4.79 Å². The molecule has 0 aliphatic rings. The molecule has 0 fully saturated rings. The first kappa shape index (κ1) is 15.6. The van der Waals surface area contributed by atoms with Crippen LogP contribution in [-0.4, -0.2) is 15.3 Å². The molecule has 118 valence electrons. The average molecular weight is 328 g/mol. The normalized spacial score (nSPS) is 12.3. The van der Waals surface area contributed by atoms with Crippen molar-refractivity contribution in [2.24, 2.45) is 0 Å². The van der Waals surface area contributed by atoms with E-state index in [1.165, 1.54) is 0 Å². The largest absolute Gasteiger partial charge is 0.344 e. The van der Waals surface area contributed by atoms with Crippen molar-refractivity contribution >= 4 is 23.2 Å². The molecule has 2 aromatic heterocycles. The van der Waals surface area contributed by atoms with E-state index in [0.29, 0.717) is 22.8 Å². The summed E-state index contributed by atoms with van der Waals surface area (Å²) in [6.45, 7) is 3.96. The van der Waals surface area contributed by atoms with Crippen molar-refractivity contribution in [3.63, 3.8) is 0 Å². The molecule has 23 heavy (non-hydrogen) atoms. The zero-order chi connectivity index (χ0) is 16.4. The van der Waals surface area contributed by atoms with E-state index in [-0.39, 0.29) is 11.9 Å². The maximum Gasteiger partial charge on any atom is 0.270 e. The Bertz CT molecular complexity index is 842. The van der Waals surface area contributed by atoms with Crippen molar-refractivity contribution in [2.45, 2.75) is 26.3 Å². The molecule has 1 unspecified atom stereocenters. The first-order valence-corrected chi connectivity index (χ1v) is 8.00. The minimum Gasteiger partial charge on any atom is -0.344 e. The van der Waals surface area contributed by atoms with Crippen LogP contribution in [0.3, 0.4) is 0 Å². The molecular formula is C18H18ClN3O. The Hall–Kier alpha value is -2.33. The maximum atomic E-state index is 12.8. The van der Waals surface area contributed by atoms with Crippen molar-refractivity contribution in [3.05, 3.63) is 70.6 Å². The average Bonchev–Trinajstić information content (AvgIpc) is 2.93. The molecule has 0 aliphatic heterocycles. The minimum atomic E-state index is -0.131. The lowest BCUT2D eigenvalue weighted by Crippen LogP contribution is -2.28. The SMILES string of the molecule is CCc1nc2cc(Cl)ccn2c1C(=O)NC(C)c1ccccc1. The molecule has 4 nitrogen and oxygen atoms in total. The first-order valence-electron chi connectivity index (χ1n) is 7.62. The van der Waals surface area contributed by atoms with E-state index >= 15 is 0 Å². The van der Waals surface area contributed by atoms with Gasteiger partial charge in [-0.1, -0.05) is 48.9 Å². The summed E-state index contributed by atoms with van der Waals surface area (Å²) in [5.74, 6) is -0.131. The van der Waals surface area contributed by atoms with Crippen LogP contribution in [0.2, 0.25) is 5.02 Å². The van der Waals surface area contributed by atoms with Gasteiger partial charge in [-0.05, 0) is 25.0 Å². The lowest BCUT2D eigenvalue weighted by atomic mass is 10.1. The quantitative estimate of drug-likeness (QED) is 0.786. The molecule has 0 saturated heterocycles. The Morgan fingerprint density at radius 2 is 2.04 bits per heavy atom. The summed E-state index contributed by atoms with van der Waals surface area (Å²) in [4.78, 5) is 17.3. The summed E-state index contributed by atoms with van der Waals surface area (Å²) in [7, 11) is 0. The summed E-state index contributed by atoms with van der Waals surface area (Å²) in [5, 5.41) is 3.65. The number of hydrogen-bond donors (Lipinski definition) is 1. The number of imidazole rings is 1. The zero-order valence-electron chi connectivity index (χ0n) is 13.1. The van der Waals surface area contributed by atoms with Crippen LogP contribution in [-0.2, 0) is 6.42 Å². The molecule has 1 N–H and O–H groups in total. The number of nitrogens with one attached hydrogen (secondary N) is 1. The van der Waals surface area contributed by atoms with E-state index in [2.05, 4.69) is 10.3 Å². The van der Waals surface area contributed by atoms with E-state index in [1.807, 2.05) is 44.2 Å². The van der Waals surface area contributed by atoms with Crippen LogP contribution in [0, 0.1) is 0 Å². The van der Waals surface area contributed by atoms with Crippen molar-refractivity contribution in [3.8, 4) is 0 Å². The van der Waals surface area contributed by atoms with E-state index in [1.54, 1.807) is 22.7 Å². The number of aryl methyl sites for hydroxylation is 1. The molecule has 1 aromatic carbocycles. The Balaban J connectivity index is 1.94. The number of carbonyl (C=O) groups excluding carboxylic acids is 1. The molecule has 0 spiro atoms. The second kappa shape index (κ2) is 6.42. The lowest BCUT2D eigenvalue weighted by Gasteiger charge is -2.14. The molecule has 1 atom stereocenters. The van der Waals surface area contributed by atoms with Crippen LogP contribution in [0.5, 0.6) is 0 Å². The molecule has 0 radical (unpaired) electrons. The maximum absolute atomic E-state index is 12.8. The Morgan fingerprint density at radius 3 is 2.74 bits per heavy atom. The fourth-order valence-electron chi connectivity index (χ4n) is 2.65. The highest BCUT2D eigenvalue weighted by atomic mass is 35.5. The van der Waals surface area contributed by atoms with Gasteiger partial charge < -0.3 is 5.32 Å². The van der Waals surface area contributed by atoms with Crippen molar-refractivity contribution in [1.29, 1.82) is 0 Å². The van der Waals surface area contributed by atoms with Gasteiger partial charge in [0.1, 0.15) is 11.3 Å². The van der Waals surface area contributed by atoms with Crippen LogP contribution < -0.4 is 5.32 Å². The Labute approximate surface area is 140 Å². The van der Waals surface area contributed by atoms with Gasteiger partial charge in [0.25, 0.3) is 5.91 Å². The monoisotopic (exact) mass is 327 g/mol. The van der Waals surface area contributed by atoms with Crippen LogP contribution >= 0.6 is 11.6 Å². The fraction of sp³-hybridized carbons (Fsp3) is 0.222. The van der Waals surface area contributed by atoms with Crippen LogP contribution in [0.1, 0.15) is 41.6 Å². The van der Waals surface area contributed by atoms with Gasteiger partial charge in [0, 0.05) is 17.3 Å². The van der Waals surface area contributed by atoms with Crippen LogP contribution in [0.25, 0.3) is 5.65 Å². The highest BCUT2D eigenvalue weighted by Gasteiger charge is 2.20. The Kier molecular flexibility index (Phi) is 4.35. The zero-order valence-corrected chi connectivity index (χ0v) is 13.8. The molecule has 0 saturated carbocycles. The lowest BCUT2D eigenvalue weighted by molar-refractivity contribution is 0.0933. The third-order valence-corrected chi connectivity index (χ3v) is 4.09. The number of halogens is 1. The number of carbonyl (C=O) groups is 1. The van der Waals surface area contributed by atoms with E-state index in [9.17, 15) is 4.79 Å². The number of rotatable bonds is 4. The molecule has 2 heterocycles. The topological polar surface area (TPSA) is 46.4 Å². The smallest absolute Gasteiger partial charge is 0.270 e. The van der Waals surface area contributed by atoms with Gasteiger partial charge in [0.05, 0.1) is 11.7 Å². The number of amides is 1. The molecular weight excluding hydrogens is 310 g/mol. The van der Waals surface area contributed by atoms with Crippen molar-refractivity contribution in [2.75, 3.05) is 0 Å². The summed E-state index contributed by atoms with van der Waals surface area (Å²) >= 11 is 6.01. The van der Waals surface area contributed by atoms with Gasteiger partial charge in [-0.15, -0.1) is 0 Å². The first-order chi connectivity index (χ1) is 11.1. The van der Waals surface area contributed by atoms with E-state index in [4.69, 9.17) is 11.6 Å². The molecule has 0 bridgehead atoms. The fourth-order valence-corrected chi connectivity index (χ4v) is 2.80. The Morgan fingerprint density at radius 1 is 1.30 bits per heavy atom. The molecule has 1 amide bonds. The number of hydrogen-bond acceptors (Lipinski definition) is 2.